The van der Waals surface area contributed by atoms with E-state index in [1.807, 2.05) is 7.05 Å². The molecule has 0 aliphatic rings. The Hall–Kier alpha value is -1.07. The number of ether oxygens (including phenoxy) is 1. The van der Waals surface area contributed by atoms with E-state index < -0.39 is 0 Å². The second-order valence-corrected chi connectivity index (χ2v) is 6.10. The Morgan fingerprint density at radius 1 is 1.15 bits per heavy atom. The molecular weight excluding hydrogens is 361 g/mol. The average molecular weight is 381 g/mol. The largest absolute Gasteiger partial charge is 0.496 e. The minimum Gasteiger partial charge on any atom is -0.496 e. The van der Waals surface area contributed by atoms with Crippen LogP contribution in [0.5, 0.6) is 5.75 Å². The number of aryl methyl sites for hydroxylation is 2. The molecule has 2 aromatic carbocycles. The van der Waals surface area contributed by atoms with Gasteiger partial charge in [0.1, 0.15) is 5.75 Å². The van der Waals surface area contributed by atoms with E-state index >= 15 is 0 Å². The Morgan fingerprint density at radius 2 is 1.85 bits per heavy atom. The quantitative estimate of drug-likeness (QED) is 0.801. The van der Waals surface area contributed by atoms with Crippen LogP contribution in [0.2, 0.25) is 0 Å². The van der Waals surface area contributed by atoms with Crippen molar-refractivity contribution in [3.63, 3.8) is 0 Å². The minimum atomic E-state index is 0.138. The SMILES string of the molecule is CNC(c1ccccc1I)c1c(C)cc(C)cc1OC. The summed E-state index contributed by atoms with van der Waals surface area (Å²) >= 11 is 2.39. The lowest BCUT2D eigenvalue weighted by Gasteiger charge is -2.23. The predicted octanol–water partition coefficient (Wildman–Crippen LogP) is 4.23. The maximum absolute atomic E-state index is 5.61. The standard InChI is InChI=1S/C17H20INO/c1-11-9-12(2)16(15(10-11)20-4)17(19-3)13-7-5-6-8-14(13)18/h5-10,17,19H,1-4H3. The van der Waals surface area contributed by atoms with E-state index in [1.165, 1.54) is 25.8 Å². The maximum atomic E-state index is 5.61. The van der Waals surface area contributed by atoms with Crippen molar-refractivity contribution in [2.75, 3.05) is 14.2 Å². The summed E-state index contributed by atoms with van der Waals surface area (Å²) in [5.74, 6) is 0.946. The fraction of sp³-hybridized carbons (Fsp3) is 0.294. The lowest BCUT2D eigenvalue weighted by Crippen LogP contribution is -2.20. The molecule has 2 nitrogen and oxygen atoms in total. The lowest BCUT2D eigenvalue weighted by molar-refractivity contribution is 0.404. The molecule has 0 amide bonds. The van der Waals surface area contributed by atoms with Gasteiger partial charge in [-0.25, -0.2) is 0 Å². The number of benzene rings is 2. The molecule has 20 heavy (non-hydrogen) atoms. The van der Waals surface area contributed by atoms with Crippen LogP contribution in [-0.2, 0) is 0 Å². The first-order chi connectivity index (χ1) is 9.58. The highest BCUT2D eigenvalue weighted by Gasteiger charge is 2.21. The first-order valence-corrected chi connectivity index (χ1v) is 7.73. The Bertz CT molecular complexity index is 610. The van der Waals surface area contributed by atoms with Crippen LogP contribution in [-0.4, -0.2) is 14.2 Å². The molecule has 0 fully saturated rings. The van der Waals surface area contributed by atoms with Gasteiger partial charge in [0.2, 0.25) is 0 Å². The zero-order valence-corrected chi connectivity index (χ0v) is 14.5. The second kappa shape index (κ2) is 6.59. The van der Waals surface area contributed by atoms with Gasteiger partial charge in [-0.2, -0.15) is 0 Å². The Morgan fingerprint density at radius 3 is 2.45 bits per heavy atom. The van der Waals surface area contributed by atoms with Gasteiger partial charge < -0.3 is 10.1 Å². The third kappa shape index (κ3) is 2.99. The molecule has 2 rings (SSSR count). The van der Waals surface area contributed by atoms with Crippen LogP contribution >= 0.6 is 22.6 Å². The summed E-state index contributed by atoms with van der Waals surface area (Å²) in [7, 11) is 3.73. The molecule has 1 N–H and O–H groups in total. The summed E-state index contributed by atoms with van der Waals surface area (Å²) in [6.45, 7) is 4.24. The lowest BCUT2D eigenvalue weighted by atomic mass is 9.93. The molecule has 0 radical (unpaired) electrons. The van der Waals surface area contributed by atoms with Gasteiger partial charge in [-0.15, -0.1) is 0 Å². The molecule has 106 valence electrons. The van der Waals surface area contributed by atoms with E-state index in [-0.39, 0.29) is 6.04 Å². The van der Waals surface area contributed by atoms with Crippen LogP contribution in [0, 0.1) is 17.4 Å². The molecule has 0 heterocycles. The maximum Gasteiger partial charge on any atom is 0.124 e. The van der Waals surface area contributed by atoms with Crippen LogP contribution in [0.25, 0.3) is 0 Å². The number of methoxy groups -OCH3 is 1. The van der Waals surface area contributed by atoms with Gasteiger partial charge in [0.25, 0.3) is 0 Å². The Labute approximate surface area is 134 Å². The molecule has 0 aromatic heterocycles. The van der Waals surface area contributed by atoms with E-state index in [2.05, 4.69) is 78.2 Å². The average Bonchev–Trinajstić information content (AvgIpc) is 2.43. The van der Waals surface area contributed by atoms with Gasteiger partial charge in [-0.1, -0.05) is 24.3 Å². The first kappa shape index (κ1) is 15.3. The van der Waals surface area contributed by atoms with Crippen LogP contribution in [0.15, 0.2) is 36.4 Å². The summed E-state index contributed by atoms with van der Waals surface area (Å²) in [6.07, 6.45) is 0. The van der Waals surface area contributed by atoms with Gasteiger partial charge in [0, 0.05) is 9.13 Å². The van der Waals surface area contributed by atoms with Crippen LogP contribution in [0.3, 0.4) is 0 Å². The van der Waals surface area contributed by atoms with Crippen LogP contribution in [0.1, 0.15) is 28.3 Å². The molecule has 0 saturated heterocycles. The third-order valence-corrected chi connectivity index (χ3v) is 4.49. The van der Waals surface area contributed by atoms with Crippen molar-refractivity contribution in [3.05, 3.63) is 62.2 Å². The zero-order chi connectivity index (χ0) is 14.7. The molecule has 1 atom stereocenters. The van der Waals surface area contributed by atoms with Crippen molar-refractivity contribution in [2.45, 2.75) is 19.9 Å². The third-order valence-electron chi connectivity index (χ3n) is 3.51. The molecule has 0 aliphatic heterocycles. The highest BCUT2D eigenvalue weighted by atomic mass is 127. The van der Waals surface area contributed by atoms with Gasteiger partial charge in [0.15, 0.2) is 0 Å². The highest BCUT2D eigenvalue weighted by Crippen LogP contribution is 2.35. The second-order valence-electron chi connectivity index (χ2n) is 4.94. The van der Waals surface area contributed by atoms with Gasteiger partial charge >= 0.3 is 0 Å². The van der Waals surface area contributed by atoms with E-state index in [9.17, 15) is 0 Å². The fourth-order valence-corrected chi connectivity index (χ4v) is 3.34. The van der Waals surface area contributed by atoms with Crippen molar-refractivity contribution in [3.8, 4) is 5.75 Å². The van der Waals surface area contributed by atoms with Crippen LogP contribution < -0.4 is 10.1 Å². The van der Waals surface area contributed by atoms with Gasteiger partial charge in [-0.3, -0.25) is 0 Å². The van der Waals surface area contributed by atoms with E-state index in [0.717, 1.165) is 5.75 Å². The topological polar surface area (TPSA) is 21.3 Å². The summed E-state index contributed by atoms with van der Waals surface area (Å²) in [6, 6.07) is 12.9. The molecule has 0 spiro atoms. The van der Waals surface area contributed by atoms with Gasteiger partial charge in [-0.05, 0) is 72.3 Å². The fourth-order valence-electron chi connectivity index (χ4n) is 2.64. The summed E-state index contributed by atoms with van der Waals surface area (Å²) in [5.41, 5.74) is 4.96. The molecular formula is C17H20INO. The molecule has 0 saturated carbocycles. The zero-order valence-electron chi connectivity index (χ0n) is 12.3. The number of hydrogen-bond acceptors (Lipinski definition) is 2. The first-order valence-electron chi connectivity index (χ1n) is 6.65. The van der Waals surface area contributed by atoms with E-state index in [0.29, 0.717) is 0 Å². The number of nitrogens with one attached hydrogen (secondary N) is 1. The summed E-state index contributed by atoms with van der Waals surface area (Å²) < 4.78 is 6.86. The number of hydrogen-bond donors (Lipinski definition) is 1. The van der Waals surface area contributed by atoms with Gasteiger partial charge in [0.05, 0.1) is 13.2 Å². The van der Waals surface area contributed by atoms with Crippen molar-refractivity contribution >= 4 is 22.6 Å². The highest BCUT2D eigenvalue weighted by molar-refractivity contribution is 14.1. The summed E-state index contributed by atoms with van der Waals surface area (Å²) in [5, 5.41) is 3.43. The van der Waals surface area contributed by atoms with Crippen molar-refractivity contribution in [2.24, 2.45) is 0 Å². The Balaban J connectivity index is 2.61. The van der Waals surface area contributed by atoms with E-state index in [1.54, 1.807) is 7.11 Å². The van der Waals surface area contributed by atoms with Crippen molar-refractivity contribution < 1.29 is 4.74 Å². The molecule has 0 bridgehead atoms. The predicted molar refractivity (Wildman–Crippen MR) is 92.5 cm³/mol. The number of halogens is 1. The van der Waals surface area contributed by atoms with Crippen molar-refractivity contribution in [1.29, 1.82) is 0 Å². The summed E-state index contributed by atoms with van der Waals surface area (Å²) in [4.78, 5) is 0. The van der Waals surface area contributed by atoms with Crippen molar-refractivity contribution in [1.82, 2.24) is 5.32 Å². The molecule has 2 aromatic rings. The molecule has 3 heteroatoms. The molecule has 0 aliphatic carbocycles. The molecule has 1 unspecified atom stereocenters. The minimum absolute atomic E-state index is 0.138. The monoisotopic (exact) mass is 381 g/mol. The number of rotatable bonds is 4. The smallest absolute Gasteiger partial charge is 0.124 e. The van der Waals surface area contributed by atoms with Crippen LogP contribution in [0.4, 0.5) is 0 Å². The normalized spacial score (nSPS) is 12.2. The Kier molecular flexibility index (Phi) is 5.05. The van der Waals surface area contributed by atoms with E-state index in [4.69, 9.17) is 4.74 Å².